The maximum Gasteiger partial charge on any atom is 0.227 e. The summed E-state index contributed by atoms with van der Waals surface area (Å²) in [5, 5.41) is 3.18. The molecule has 0 aromatic heterocycles. The van der Waals surface area contributed by atoms with E-state index in [1.54, 1.807) is 4.90 Å². The number of aryl methyl sites for hydroxylation is 1. The van der Waals surface area contributed by atoms with Crippen molar-refractivity contribution in [3.05, 3.63) is 29.3 Å². The third-order valence-corrected chi connectivity index (χ3v) is 5.72. The highest BCUT2D eigenvalue weighted by atomic mass is 16.2. The summed E-state index contributed by atoms with van der Waals surface area (Å²) < 4.78 is 0. The lowest BCUT2D eigenvalue weighted by Crippen LogP contribution is -2.41. The molecule has 3 rings (SSSR count). The van der Waals surface area contributed by atoms with Crippen LogP contribution in [-0.2, 0) is 9.59 Å². The van der Waals surface area contributed by atoms with E-state index < -0.39 is 0 Å². The van der Waals surface area contributed by atoms with Gasteiger partial charge < -0.3 is 10.2 Å². The average molecular weight is 328 g/mol. The van der Waals surface area contributed by atoms with Gasteiger partial charge in [-0.1, -0.05) is 19.1 Å². The van der Waals surface area contributed by atoms with Gasteiger partial charge in [0.2, 0.25) is 11.8 Å². The second-order valence-corrected chi connectivity index (χ2v) is 7.59. The van der Waals surface area contributed by atoms with Crippen molar-refractivity contribution >= 4 is 17.5 Å². The van der Waals surface area contributed by atoms with Crippen LogP contribution < -0.4 is 10.2 Å². The molecule has 1 unspecified atom stereocenters. The second kappa shape index (κ2) is 6.96. The van der Waals surface area contributed by atoms with E-state index in [0.29, 0.717) is 19.0 Å². The Bertz CT molecular complexity index is 633. The summed E-state index contributed by atoms with van der Waals surface area (Å²) in [6, 6.07) is 6.29. The summed E-state index contributed by atoms with van der Waals surface area (Å²) in [7, 11) is 0. The Morgan fingerprint density at radius 1 is 1.17 bits per heavy atom. The lowest BCUT2D eigenvalue weighted by molar-refractivity contribution is -0.127. The van der Waals surface area contributed by atoms with Crippen molar-refractivity contribution in [1.29, 1.82) is 0 Å². The standard InChI is InChI=1S/C20H28N2O2/c1-13-7-9-17(10-8-13)21-20(24)16-11-19(23)22(12-16)18-6-4-5-14(2)15(18)3/h4-6,13,16-17H,7-12H2,1-3H3,(H,21,24). The first-order valence-electron chi connectivity index (χ1n) is 9.12. The van der Waals surface area contributed by atoms with Gasteiger partial charge in [0.25, 0.3) is 0 Å². The van der Waals surface area contributed by atoms with Gasteiger partial charge in [-0.2, -0.15) is 0 Å². The first kappa shape index (κ1) is 17.0. The molecule has 1 aromatic carbocycles. The number of carbonyl (C=O) groups is 2. The highest BCUT2D eigenvalue weighted by molar-refractivity contribution is 6.00. The zero-order valence-corrected chi connectivity index (χ0v) is 15.0. The highest BCUT2D eigenvalue weighted by Gasteiger charge is 2.36. The smallest absolute Gasteiger partial charge is 0.227 e. The lowest BCUT2D eigenvalue weighted by Gasteiger charge is -2.28. The van der Waals surface area contributed by atoms with Crippen LogP contribution in [0.3, 0.4) is 0 Å². The molecule has 0 bridgehead atoms. The fourth-order valence-corrected chi connectivity index (χ4v) is 3.87. The van der Waals surface area contributed by atoms with Crippen LogP contribution in [0.5, 0.6) is 0 Å². The number of carbonyl (C=O) groups excluding carboxylic acids is 2. The van der Waals surface area contributed by atoms with Crippen molar-refractivity contribution in [2.75, 3.05) is 11.4 Å². The fraction of sp³-hybridized carbons (Fsp3) is 0.600. The Hall–Kier alpha value is -1.84. The van der Waals surface area contributed by atoms with E-state index in [1.807, 2.05) is 32.0 Å². The van der Waals surface area contributed by atoms with Crippen LogP contribution in [0.1, 0.15) is 50.2 Å². The minimum absolute atomic E-state index is 0.0516. The molecule has 1 heterocycles. The Morgan fingerprint density at radius 3 is 2.58 bits per heavy atom. The van der Waals surface area contributed by atoms with Crippen LogP contribution in [0, 0.1) is 25.7 Å². The minimum Gasteiger partial charge on any atom is -0.353 e. The monoisotopic (exact) mass is 328 g/mol. The number of nitrogens with zero attached hydrogens (tertiary/aromatic N) is 1. The van der Waals surface area contributed by atoms with E-state index in [-0.39, 0.29) is 17.7 Å². The Balaban J connectivity index is 1.64. The zero-order valence-electron chi connectivity index (χ0n) is 15.0. The molecule has 1 aliphatic carbocycles. The van der Waals surface area contributed by atoms with E-state index in [2.05, 4.69) is 12.2 Å². The van der Waals surface area contributed by atoms with Crippen molar-refractivity contribution in [3.8, 4) is 0 Å². The van der Waals surface area contributed by atoms with Gasteiger partial charge in [0.05, 0.1) is 5.92 Å². The van der Waals surface area contributed by atoms with Gasteiger partial charge in [-0.3, -0.25) is 9.59 Å². The summed E-state index contributed by atoms with van der Waals surface area (Å²) in [4.78, 5) is 26.8. The Labute approximate surface area is 144 Å². The van der Waals surface area contributed by atoms with Crippen LogP contribution in [-0.4, -0.2) is 24.4 Å². The molecule has 130 valence electrons. The van der Waals surface area contributed by atoms with Crippen LogP contribution in [0.15, 0.2) is 18.2 Å². The van der Waals surface area contributed by atoms with Crippen molar-refractivity contribution in [1.82, 2.24) is 5.32 Å². The van der Waals surface area contributed by atoms with Crippen LogP contribution in [0.2, 0.25) is 0 Å². The maximum atomic E-state index is 12.6. The maximum absolute atomic E-state index is 12.6. The summed E-state index contributed by atoms with van der Waals surface area (Å²) in [6.45, 7) is 6.86. The molecule has 24 heavy (non-hydrogen) atoms. The largest absolute Gasteiger partial charge is 0.353 e. The summed E-state index contributed by atoms with van der Waals surface area (Å²) in [5.74, 6) is 0.652. The van der Waals surface area contributed by atoms with E-state index in [4.69, 9.17) is 0 Å². The van der Waals surface area contributed by atoms with Gasteiger partial charge in [0.1, 0.15) is 0 Å². The minimum atomic E-state index is -0.225. The van der Waals surface area contributed by atoms with Crippen molar-refractivity contribution < 1.29 is 9.59 Å². The van der Waals surface area contributed by atoms with Crippen LogP contribution in [0.25, 0.3) is 0 Å². The van der Waals surface area contributed by atoms with Gasteiger partial charge in [-0.15, -0.1) is 0 Å². The summed E-state index contributed by atoms with van der Waals surface area (Å²) >= 11 is 0. The molecule has 0 radical (unpaired) electrons. The van der Waals surface area contributed by atoms with Gasteiger partial charge in [0.15, 0.2) is 0 Å². The number of rotatable bonds is 3. The molecule has 1 saturated carbocycles. The first-order valence-corrected chi connectivity index (χ1v) is 9.12. The van der Waals surface area contributed by atoms with E-state index in [9.17, 15) is 9.59 Å². The Morgan fingerprint density at radius 2 is 1.88 bits per heavy atom. The van der Waals surface area contributed by atoms with Crippen LogP contribution >= 0.6 is 0 Å². The molecule has 1 N–H and O–H groups in total. The second-order valence-electron chi connectivity index (χ2n) is 7.59. The van der Waals surface area contributed by atoms with Crippen LogP contribution in [0.4, 0.5) is 5.69 Å². The van der Waals surface area contributed by atoms with E-state index in [1.165, 1.54) is 18.4 Å². The van der Waals surface area contributed by atoms with Gasteiger partial charge in [-0.25, -0.2) is 0 Å². The lowest BCUT2D eigenvalue weighted by atomic mass is 9.87. The molecule has 2 fully saturated rings. The number of benzene rings is 1. The van der Waals surface area contributed by atoms with Gasteiger partial charge in [0, 0.05) is 24.7 Å². The third-order valence-electron chi connectivity index (χ3n) is 5.72. The van der Waals surface area contributed by atoms with Crippen molar-refractivity contribution in [2.24, 2.45) is 11.8 Å². The molecular weight excluding hydrogens is 300 g/mol. The molecule has 4 nitrogen and oxygen atoms in total. The fourth-order valence-electron chi connectivity index (χ4n) is 3.87. The number of amides is 2. The molecule has 2 amide bonds. The van der Waals surface area contributed by atoms with E-state index >= 15 is 0 Å². The molecule has 1 aliphatic heterocycles. The topological polar surface area (TPSA) is 49.4 Å². The molecule has 1 atom stereocenters. The van der Waals surface area contributed by atoms with Crippen molar-refractivity contribution in [3.63, 3.8) is 0 Å². The quantitative estimate of drug-likeness (QED) is 0.925. The third kappa shape index (κ3) is 3.47. The average Bonchev–Trinajstić information content (AvgIpc) is 2.94. The number of hydrogen-bond acceptors (Lipinski definition) is 2. The predicted molar refractivity (Wildman–Crippen MR) is 95.9 cm³/mol. The van der Waals surface area contributed by atoms with Crippen molar-refractivity contribution in [2.45, 2.75) is 58.9 Å². The Kier molecular flexibility index (Phi) is 4.93. The highest BCUT2D eigenvalue weighted by Crippen LogP contribution is 2.30. The number of anilines is 1. The SMILES string of the molecule is Cc1cccc(N2CC(C(=O)NC3CCC(C)CC3)CC2=O)c1C. The normalized spacial score (nSPS) is 27.4. The summed E-state index contributed by atoms with van der Waals surface area (Å²) in [5.41, 5.74) is 3.24. The predicted octanol–water partition coefficient (Wildman–Crippen LogP) is 3.35. The summed E-state index contributed by atoms with van der Waals surface area (Å²) in [6.07, 6.45) is 4.82. The zero-order chi connectivity index (χ0) is 17.3. The molecule has 4 heteroatoms. The molecule has 1 saturated heterocycles. The first-order chi connectivity index (χ1) is 11.5. The van der Waals surface area contributed by atoms with Gasteiger partial charge in [-0.05, 0) is 62.6 Å². The number of nitrogens with one attached hydrogen (secondary N) is 1. The molecule has 1 aromatic rings. The van der Waals surface area contributed by atoms with E-state index in [0.717, 1.165) is 30.0 Å². The number of hydrogen-bond donors (Lipinski definition) is 1. The molecule has 0 spiro atoms. The molecule has 2 aliphatic rings. The molecular formula is C20H28N2O2. The van der Waals surface area contributed by atoms with Gasteiger partial charge >= 0.3 is 0 Å².